The number of nitrogens with zero attached hydrogens (tertiary/aromatic N) is 2. The molecule has 1 fully saturated rings. The Kier molecular flexibility index (Phi) is 3.89. The fraction of sp³-hybridized carbons (Fsp3) is 0.800. The lowest BCUT2D eigenvalue weighted by Gasteiger charge is -2.32. The minimum atomic E-state index is -0.183. The monoisotopic (exact) mass is 263 g/mol. The lowest BCUT2D eigenvalue weighted by atomic mass is 9.91. The fourth-order valence-corrected chi connectivity index (χ4v) is 3.57. The highest BCUT2D eigenvalue weighted by molar-refractivity contribution is 5.22. The van der Waals surface area contributed by atoms with E-state index in [4.69, 9.17) is 4.98 Å². The summed E-state index contributed by atoms with van der Waals surface area (Å²) in [5, 5.41) is 13.8. The molecule has 0 amide bonds. The van der Waals surface area contributed by atoms with Gasteiger partial charge in [0, 0.05) is 31.6 Å². The van der Waals surface area contributed by atoms with Crippen LogP contribution in [0.1, 0.15) is 62.3 Å². The van der Waals surface area contributed by atoms with Crippen LogP contribution in [-0.4, -0.2) is 27.3 Å². The van der Waals surface area contributed by atoms with Gasteiger partial charge in [0.1, 0.15) is 5.82 Å². The summed E-state index contributed by atoms with van der Waals surface area (Å²) < 4.78 is 2.41. The molecule has 19 heavy (non-hydrogen) atoms. The van der Waals surface area contributed by atoms with Crippen molar-refractivity contribution >= 4 is 0 Å². The van der Waals surface area contributed by atoms with Crippen LogP contribution in [0.25, 0.3) is 0 Å². The van der Waals surface area contributed by atoms with Crippen molar-refractivity contribution in [1.82, 2.24) is 14.9 Å². The number of aryl methyl sites for hydroxylation is 1. The maximum Gasteiger partial charge on any atom is 0.109 e. The van der Waals surface area contributed by atoms with Gasteiger partial charge in [-0.1, -0.05) is 19.8 Å². The first kappa shape index (κ1) is 13.1. The van der Waals surface area contributed by atoms with E-state index in [1.54, 1.807) is 0 Å². The number of aliphatic hydroxyl groups is 1. The standard InChI is InChI=1S/C15H25N3O/c1-2-5-15-17-11-10-16-9-8-12(11)18(15)13-6-3-4-7-14(13)19/h13-14,16,19H,2-10H2,1H3. The van der Waals surface area contributed by atoms with Crippen molar-refractivity contribution in [2.75, 3.05) is 6.54 Å². The van der Waals surface area contributed by atoms with Crippen LogP contribution >= 0.6 is 0 Å². The molecule has 2 atom stereocenters. The maximum absolute atomic E-state index is 10.4. The van der Waals surface area contributed by atoms with Gasteiger partial charge in [-0.3, -0.25) is 0 Å². The van der Waals surface area contributed by atoms with Gasteiger partial charge < -0.3 is 15.0 Å². The van der Waals surface area contributed by atoms with Gasteiger partial charge >= 0.3 is 0 Å². The smallest absolute Gasteiger partial charge is 0.109 e. The van der Waals surface area contributed by atoms with E-state index in [0.717, 1.165) is 45.2 Å². The quantitative estimate of drug-likeness (QED) is 0.876. The fourth-order valence-electron chi connectivity index (χ4n) is 3.57. The van der Waals surface area contributed by atoms with Gasteiger partial charge in [-0.15, -0.1) is 0 Å². The van der Waals surface area contributed by atoms with Gasteiger partial charge in [-0.25, -0.2) is 4.98 Å². The molecule has 1 aliphatic carbocycles. The third-order valence-corrected chi connectivity index (χ3v) is 4.50. The van der Waals surface area contributed by atoms with E-state index in [1.807, 2.05) is 0 Å². The van der Waals surface area contributed by atoms with Crippen molar-refractivity contribution in [3.05, 3.63) is 17.2 Å². The van der Waals surface area contributed by atoms with E-state index in [2.05, 4.69) is 16.8 Å². The van der Waals surface area contributed by atoms with Crippen molar-refractivity contribution in [1.29, 1.82) is 0 Å². The molecule has 1 aromatic rings. The molecule has 2 aliphatic rings. The maximum atomic E-state index is 10.4. The summed E-state index contributed by atoms with van der Waals surface area (Å²) in [6, 6.07) is 0.268. The van der Waals surface area contributed by atoms with Gasteiger partial charge in [-0.05, 0) is 19.3 Å². The van der Waals surface area contributed by atoms with E-state index in [9.17, 15) is 5.11 Å². The van der Waals surface area contributed by atoms with Gasteiger partial charge in [-0.2, -0.15) is 0 Å². The molecule has 4 heteroatoms. The number of nitrogens with one attached hydrogen (secondary N) is 1. The molecule has 2 heterocycles. The van der Waals surface area contributed by atoms with Crippen molar-refractivity contribution in [3.8, 4) is 0 Å². The zero-order valence-corrected chi connectivity index (χ0v) is 11.9. The second-order valence-electron chi connectivity index (χ2n) is 5.89. The molecule has 1 aromatic heterocycles. The lowest BCUT2D eigenvalue weighted by molar-refractivity contribution is 0.0725. The first-order valence-electron chi connectivity index (χ1n) is 7.79. The normalized spacial score (nSPS) is 27.3. The summed E-state index contributed by atoms with van der Waals surface area (Å²) in [5.41, 5.74) is 2.60. The Balaban J connectivity index is 1.99. The Bertz CT molecular complexity index is 441. The largest absolute Gasteiger partial charge is 0.391 e. The van der Waals surface area contributed by atoms with E-state index in [0.29, 0.717) is 0 Å². The second-order valence-corrected chi connectivity index (χ2v) is 5.89. The van der Waals surface area contributed by atoms with E-state index in [-0.39, 0.29) is 12.1 Å². The van der Waals surface area contributed by atoms with Crippen LogP contribution in [0.3, 0.4) is 0 Å². The average molecular weight is 263 g/mol. The van der Waals surface area contributed by atoms with Gasteiger partial charge in [0.25, 0.3) is 0 Å². The highest BCUT2D eigenvalue weighted by Gasteiger charge is 2.30. The SMILES string of the molecule is CCCc1nc2c(n1C1CCCCC1O)CCNC2. The number of rotatable bonds is 3. The number of hydrogen-bond donors (Lipinski definition) is 2. The molecular formula is C15H25N3O. The summed E-state index contributed by atoms with van der Waals surface area (Å²) in [4.78, 5) is 4.84. The van der Waals surface area contributed by atoms with Crippen molar-refractivity contribution in [2.45, 2.75) is 70.6 Å². The van der Waals surface area contributed by atoms with Crippen LogP contribution in [0.5, 0.6) is 0 Å². The molecule has 106 valence electrons. The lowest BCUT2D eigenvalue weighted by Crippen LogP contribution is -2.32. The molecule has 0 radical (unpaired) electrons. The van der Waals surface area contributed by atoms with Crippen LogP contribution in [-0.2, 0) is 19.4 Å². The first-order chi connectivity index (χ1) is 9.31. The van der Waals surface area contributed by atoms with Crippen LogP contribution in [0.15, 0.2) is 0 Å². The molecule has 4 nitrogen and oxygen atoms in total. The Morgan fingerprint density at radius 2 is 2.21 bits per heavy atom. The van der Waals surface area contributed by atoms with Gasteiger partial charge in [0.05, 0.1) is 17.8 Å². The Morgan fingerprint density at radius 3 is 3.00 bits per heavy atom. The third kappa shape index (κ3) is 2.43. The topological polar surface area (TPSA) is 50.1 Å². The minimum absolute atomic E-state index is 0.183. The average Bonchev–Trinajstić information content (AvgIpc) is 2.78. The molecule has 0 aromatic carbocycles. The number of aliphatic hydroxyl groups excluding tert-OH is 1. The molecule has 0 spiro atoms. The number of imidazole rings is 1. The minimum Gasteiger partial charge on any atom is -0.391 e. The van der Waals surface area contributed by atoms with Gasteiger partial charge in [0.15, 0.2) is 0 Å². The highest BCUT2D eigenvalue weighted by atomic mass is 16.3. The first-order valence-corrected chi connectivity index (χ1v) is 7.79. The van der Waals surface area contributed by atoms with Crippen LogP contribution in [0.2, 0.25) is 0 Å². The Hall–Kier alpha value is -0.870. The summed E-state index contributed by atoms with van der Waals surface area (Å²) in [6.07, 6.45) is 7.46. The molecule has 1 aliphatic heterocycles. The summed E-state index contributed by atoms with van der Waals surface area (Å²) >= 11 is 0. The van der Waals surface area contributed by atoms with Crippen LogP contribution in [0, 0.1) is 0 Å². The molecule has 0 saturated heterocycles. The number of hydrogen-bond acceptors (Lipinski definition) is 3. The number of fused-ring (bicyclic) bond motifs is 1. The Labute approximate surface area is 115 Å². The Morgan fingerprint density at radius 1 is 1.37 bits per heavy atom. The van der Waals surface area contributed by atoms with Gasteiger partial charge in [0.2, 0.25) is 0 Å². The summed E-state index contributed by atoms with van der Waals surface area (Å²) in [7, 11) is 0. The zero-order chi connectivity index (χ0) is 13.2. The summed E-state index contributed by atoms with van der Waals surface area (Å²) in [5.74, 6) is 1.20. The van der Waals surface area contributed by atoms with Crippen molar-refractivity contribution in [2.24, 2.45) is 0 Å². The molecule has 0 bridgehead atoms. The molecular weight excluding hydrogens is 238 g/mol. The molecule has 1 saturated carbocycles. The predicted molar refractivity (Wildman–Crippen MR) is 75.1 cm³/mol. The van der Waals surface area contributed by atoms with Crippen LogP contribution in [0.4, 0.5) is 0 Å². The molecule has 2 N–H and O–H groups in total. The predicted octanol–water partition coefficient (Wildman–Crippen LogP) is 1.96. The highest BCUT2D eigenvalue weighted by Crippen LogP contribution is 2.33. The van der Waals surface area contributed by atoms with Crippen molar-refractivity contribution in [3.63, 3.8) is 0 Å². The van der Waals surface area contributed by atoms with E-state index < -0.39 is 0 Å². The zero-order valence-electron chi connectivity index (χ0n) is 11.9. The molecule has 2 unspecified atom stereocenters. The second kappa shape index (κ2) is 5.63. The van der Waals surface area contributed by atoms with E-state index >= 15 is 0 Å². The molecule has 3 rings (SSSR count). The third-order valence-electron chi connectivity index (χ3n) is 4.50. The van der Waals surface area contributed by atoms with Crippen molar-refractivity contribution < 1.29 is 5.11 Å². The summed E-state index contributed by atoms with van der Waals surface area (Å²) in [6.45, 7) is 4.13. The van der Waals surface area contributed by atoms with E-state index in [1.165, 1.54) is 30.1 Å². The number of aromatic nitrogens is 2. The van der Waals surface area contributed by atoms with Crippen LogP contribution < -0.4 is 5.32 Å².